The lowest BCUT2D eigenvalue weighted by Crippen LogP contribution is -2.75. The summed E-state index contributed by atoms with van der Waals surface area (Å²) >= 11 is 0. The Morgan fingerprint density at radius 3 is 0.764 bits per heavy atom. The average molecular weight is 1070 g/mol. The number of aromatic nitrogens is 1. The zero-order valence-electron chi connectivity index (χ0n) is 36.0. The molecule has 72 heavy (non-hydrogen) atoms. The number of hydrogen-bond acceptors (Lipinski definition) is 1. The van der Waals surface area contributed by atoms with Gasteiger partial charge in [-0.05, 0) is 57.2 Å². The molecule has 0 saturated carbocycles. The molecule has 0 aliphatic carbocycles. The van der Waals surface area contributed by atoms with E-state index in [2.05, 4.69) is 18.2 Å². The first-order valence-corrected chi connectivity index (χ1v) is 19.8. The summed E-state index contributed by atoms with van der Waals surface area (Å²) in [6.07, 6.45) is -52.9. The van der Waals surface area contributed by atoms with Crippen LogP contribution in [0.2, 0.25) is 0 Å². The standard InChI is InChI=1S/C32H12BF24.C13H16NO/c34-25(35,36)13-1-14(26(37,38)39)6-21(5-13)33(22-7-15(27(40,41)42)2-16(8-22)28(43,44)45,23-9-17(29(46,47)48)3-18(10-23)30(49,50)51)24-11-19(31(52,53)54)4-20(12-24)32(55,56)57;1-13(2,3)15-14-10-6-8-11-7-4-5-9-12(11)14/h1-12H;4-10H,1-3H3/q-1;+1. The molecule has 0 aliphatic rings. The van der Waals surface area contributed by atoms with Crippen LogP contribution in [0.15, 0.2) is 115 Å². The Bertz CT molecular complexity index is 2490. The van der Waals surface area contributed by atoms with E-state index in [0.29, 0.717) is 0 Å². The number of benzene rings is 5. The Morgan fingerprint density at radius 1 is 0.319 bits per heavy atom. The number of halogens is 24. The van der Waals surface area contributed by atoms with Gasteiger partial charge in [0, 0.05) is 16.9 Å². The Kier molecular flexibility index (Phi) is 14.6. The number of alkyl halides is 24. The largest absolute Gasteiger partial charge is 0.416 e. The Hall–Kier alpha value is -6.31. The summed E-state index contributed by atoms with van der Waals surface area (Å²) < 4.78 is 343. The molecule has 0 aliphatic heterocycles. The number of para-hydroxylation sites is 1. The first kappa shape index (κ1) is 56.6. The summed E-state index contributed by atoms with van der Waals surface area (Å²) in [5, 5.41) is 1.18. The molecule has 390 valence electrons. The molecule has 0 spiro atoms. The van der Waals surface area contributed by atoms with E-state index in [1.807, 2.05) is 49.9 Å². The lowest BCUT2D eigenvalue weighted by molar-refractivity contribution is -0.886. The predicted octanol–water partition coefficient (Wildman–Crippen LogP) is 13.6. The Morgan fingerprint density at radius 2 is 0.542 bits per heavy atom. The molecule has 0 amide bonds. The van der Waals surface area contributed by atoms with Crippen LogP contribution in [0.1, 0.15) is 65.3 Å². The zero-order valence-corrected chi connectivity index (χ0v) is 36.0. The van der Waals surface area contributed by atoms with Crippen LogP contribution in [0.4, 0.5) is 105 Å². The molecular formula is C45H28BF24NO. The summed E-state index contributed by atoms with van der Waals surface area (Å²) in [6, 6.07) is 3.45. The van der Waals surface area contributed by atoms with Gasteiger partial charge in [0.15, 0.2) is 5.60 Å². The van der Waals surface area contributed by atoms with Crippen molar-refractivity contribution in [3.05, 3.63) is 160 Å². The van der Waals surface area contributed by atoms with Gasteiger partial charge in [0.2, 0.25) is 6.20 Å². The van der Waals surface area contributed by atoms with Gasteiger partial charge in [-0.15, -0.1) is 0 Å². The maximum Gasteiger partial charge on any atom is 0.416 e. The number of fused-ring (bicyclic) bond motifs is 1. The summed E-state index contributed by atoms with van der Waals surface area (Å²) in [7, 11) is 0. The van der Waals surface area contributed by atoms with E-state index >= 15 is 0 Å². The highest BCUT2D eigenvalue weighted by atomic mass is 19.4. The molecule has 0 radical (unpaired) electrons. The van der Waals surface area contributed by atoms with E-state index in [9.17, 15) is 105 Å². The first-order valence-electron chi connectivity index (χ1n) is 19.8. The third-order valence-corrected chi connectivity index (χ3v) is 10.5. The molecule has 6 rings (SSSR count). The molecule has 0 saturated heterocycles. The SMILES string of the molecule is CC(C)(C)O[n+]1cccc2ccccc21.FC(F)(F)c1cc([B-](c2cc(C(F)(F)F)cc(C(F)(F)F)c2)(c2cc(C(F)(F)F)cc(C(F)(F)F)c2)c2cc(C(F)(F)F)cc(C(F)(F)F)c2)cc(C(F)(F)F)c1. The predicted molar refractivity (Wildman–Crippen MR) is 211 cm³/mol. The molecule has 27 heteroatoms. The molecule has 6 aromatic rings. The summed E-state index contributed by atoms with van der Waals surface area (Å²) in [6.45, 7) is 6.13. The van der Waals surface area contributed by atoms with Crippen molar-refractivity contribution in [2.24, 2.45) is 0 Å². The Labute approximate surface area is 389 Å². The van der Waals surface area contributed by atoms with Gasteiger partial charge in [0.05, 0.1) is 49.9 Å². The normalized spacial score (nSPS) is 13.8. The molecule has 0 fully saturated rings. The fourth-order valence-electron chi connectivity index (χ4n) is 7.58. The van der Waals surface area contributed by atoms with Crippen molar-refractivity contribution >= 4 is 38.9 Å². The lowest BCUT2D eigenvalue weighted by atomic mass is 9.12. The van der Waals surface area contributed by atoms with Crippen LogP contribution in [0.25, 0.3) is 10.9 Å². The van der Waals surface area contributed by atoms with Gasteiger partial charge in [-0.25, -0.2) is 0 Å². The van der Waals surface area contributed by atoms with Crippen LogP contribution in [0.3, 0.4) is 0 Å². The van der Waals surface area contributed by atoms with E-state index in [1.165, 1.54) is 5.39 Å². The highest BCUT2D eigenvalue weighted by Gasteiger charge is 2.47. The van der Waals surface area contributed by atoms with E-state index in [-0.39, 0.29) is 5.60 Å². The molecule has 5 aromatic carbocycles. The fourth-order valence-corrected chi connectivity index (χ4v) is 7.58. The van der Waals surface area contributed by atoms with Crippen LogP contribution >= 0.6 is 0 Å². The highest BCUT2D eigenvalue weighted by Crippen LogP contribution is 2.41. The van der Waals surface area contributed by atoms with Crippen molar-refractivity contribution in [1.29, 1.82) is 0 Å². The van der Waals surface area contributed by atoms with Crippen molar-refractivity contribution in [2.45, 2.75) is 75.8 Å². The third kappa shape index (κ3) is 12.8. The van der Waals surface area contributed by atoms with E-state index in [1.54, 1.807) is 0 Å². The van der Waals surface area contributed by atoms with Crippen LogP contribution in [0.5, 0.6) is 0 Å². The second-order valence-corrected chi connectivity index (χ2v) is 16.8. The minimum Gasteiger partial charge on any atom is -0.265 e. The number of nitrogens with zero attached hydrogens (tertiary/aromatic N) is 1. The molecule has 0 unspecified atom stereocenters. The zero-order chi connectivity index (χ0) is 54.8. The van der Waals surface area contributed by atoms with Gasteiger partial charge in [0.25, 0.3) is 5.52 Å². The second-order valence-electron chi connectivity index (χ2n) is 16.8. The van der Waals surface area contributed by atoms with Crippen LogP contribution in [-0.4, -0.2) is 11.7 Å². The molecule has 0 N–H and O–H groups in total. The van der Waals surface area contributed by atoms with Crippen molar-refractivity contribution in [3.8, 4) is 0 Å². The third-order valence-electron chi connectivity index (χ3n) is 10.5. The molecule has 0 atom stereocenters. The van der Waals surface area contributed by atoms with E-state index in [4.69, 9.17) is 4.84 Å². The quantitative estimate of drug-likeness (QED) is 0.0953. The van der Waals surface area contributed by atoms with Gasteiger partial charge >= 0.3 is 49.4 Å². The molecule has 0 bridgehead atoms. The average Bonchev–Trinajstić information content (AvgIpc) is 3.21. The summed E-state index contributed by atoms with van der Waals surface area (Å²) in [4.78, 5) is 5.83. The van der Waals surface area contributed by atoms with E-state index < -0.39 is 195 Å². The van der Waals surface area contributed by atoms with Crippen molar-refractivity contribution < 1.29 is 115 Å². The smallest absolute Gasteiger partial charge is 0.265 e. The molecular weight excluding hydrogens is 1040 g/mol. The molecule has 1 aromatic heterocycles. The maximum absolute atomic E-state index is 14.2. The van der Waals surface area contributed by atoms with Gasteiger partial charge in [0.1, 0.15) is 6.15 Å². The first-order chi connectivity index (χ1) is 32.3. The fraction of sp³-hybridized carbons (Fsp3) is 0.267. The molecule has 1 heterocycles. The topological polar surface area (TPSA) is 13.1 Å². The second kappa shape index (κ2) is 18.6. The monoisotopic (exact) mass is 1070 g/mol. The lowest BCUT2D eigenvalue weighted by Gasteiger charge is -2.46. The molecule has 2 nitrogen and oxygen atoms in total. The van der Waals surface area contributed by atoms with Crippen LogP contribution in [-0.2, 0) is 49.4 Å². The number of rotatable bonds is 5. The summed E-state index contributed by atoms with van der Waals surface area (Å²) in [5.41, 5.74) is -29.3. The highest BCUT2D eigenvalue weighted by molar-refractivity contribution is 7.20. The Balaban J connectivity index is 0.000000542. The van der Waals surface area contributed by atoms with Crippen molar-refractivity contribution in [1.82, 2.24) is 0 Å². The van der Waals surface area contributed by atoms with Crippen LogP contribution < -0.4 is 31.4 Å². The maximum atomic E-state index is 14.2. The van der Waals surface area contributed by atoms with Gasteiger partial charge in [-0.2, -0.15) is 127 Å². The van der Waals surface area contributed by atoms with Crippen molar-refractivity contribution in [2.75, 3.05) is 0 Å². The van der Waals surface area contributed by atoms with Gasteiger partial charge < -0.3 is 0 Å². The van der Waals surface area contributed by atoms with Gasteiger partial charge in [-0.1, -0.05) is 60.7 Å². The number of hydrogen-bond donors (Lipinski definition) is 0. The van der Waals surface area contributed by atoms with Crippen molar-refractivity contribution in [3.63, 3.8) is 0 Å². The van der Waals surface area contributed by atoms with Crippen LogP contribution in [0, 0.1) is 0 Å². The summed E-state index contributed by atoms with van der Waals surface area (Å²) in [5.74, 6) is 0. The van der Waals surface area contributed by atoms with E-state index in [0.717, 1.165) is 5.52 Å². The van der Waals surface area contributed by atoms with Gasteiger partial charge in [-0.3, -0.25) is 4.84 Å². The number of pyridine rings is 1. The minimum absolute atomic E-state index is 0.186. The minimum atomic E-state index is -6.13.